The molecule has 0 aliphatic heterocycles. The van der Waals surface area contributed by atoms with Gasteiger partial charge in [0.25, 0.3) is 0 Å². The number of carboxylic acid groups (broad SMARTS) is 1. The Morgan fingerprint density at radius 2 is 1.73 bits per heavy atom. The lowest BCUT2D eigenvalue weighted by Crippen LogP contribution is -1.97. The number of benzene rings is 1. The van der Waals surface area contributed by atoms with Crippen LogP contribution in [0.4, 0.5) is 4.39 Å². The minimum absolute atomic E-state index is 0.274. The van der Waals surface area contributed by atoms with E-state index in [1.54, 1.807) is 35.9 Å². The van der Waals surface area contributed by atoms with Crippen LogP contribution in [0, 0.1) is 5.82 Å². The average molecular weight is 299 g/mol. The molecule has 0 bridgehead atoms. The van der Waals surface area contributed by atoms with E-state index in [1.807, 2.05) is 0 Å². The topological polar surface area (TPSA) is 59.3 Å². The number of nitrogens with zero attached hydrogens (tertiary/aromatic N) is 1. The van der Waals surface area contributed by atoms with Crippen molar-refractivity contribution in [3.8, 4) is 0 Å². The average Bonchev–Trinajstić information content (AvgIpc) is 2.83. The predicted molar refractivity (Wildman–Crippen MR) is 81.8 cm³/mol. The second-order valence-electron chi connectivity index (χ2n) is 4.62. The molecule has 0 saturated carbocycles. The highest BCUT2D eigenvalue weighted by atomic mass is 19.1. The van der Waals surface area contributed by atoms with Crippen molar-refractivity contribution in [2.24, 2.45) is 7.05 Å². The monoisotopic (exact) mass is 299 g/mol. The summed E-state index contributed by atoms with van der Waals surface area (Å²) < 4.78 is 14.8. The van der Waals surface area contributed by atoms with Gasteiger partial charge in [0, 0.05) is 30.1 Å². The van der Waals surface area contributed by atoms with Crippen LogP contribution in [0.2, 0.25) is 0 Å². The molecule has 1 aromatic heterocycles. The highest BCUT2D eigenvalue weighted by Gasteiger charge is 2.04. The van der Waals surface area contributed by atoms with Crippen LogP contribution in [-0.2, 0) is 11.8 Å². The summed E-state index contributed by atoms with van der Waals surface area (Å²) in [5.74, 6) is -1.79. The molecule has 5 heteroatoms. The van der Waals surface area contributed by atoms with Crippen LogP contribution in [0.1, 0.15) is 21.7 Å². The maximum absolute atomic E-state index is 13.1. The predicted octanol–water partition coefficient (Wildman–Crippen LogP) is 3.16. The van der Waals surface area contributed by atoms with Gasteiger partial charge in [-0.15, -0.1) is 0 Å². The molecule has 22 heavy (non-hydrogen) atoms. The van der Waals surface area contributed by atoms with E-state index in [0.717, 1.165) is 11.8 Å². The zero-order valence-corrected chi connectivity index (χ0v) is 11.9. The van der Waals surface area contributed by atoms with Crippen LogP contribution >= 0.6 is 0 Å². The molecule has 4 nitrogen and oxygen atoms in total. The number of aromatic nitrogens is 1. The second kappa shape index (κ2) is 6.67. The number of rotatable bonds is 5. The first-order valence-electron chi connectivity index (χ1n) is 6.52. The summed E-state index contributed by atoms with van der Waals surface area (Å²) in [5.41, 5.74) is 1.70. The summed E-state index contributed by atoms with van der Waals surface area (Å²) in [5, 5.41) is 8.61. The lowest BCUT2D eigenvalue weighted by Gasteiger charge is -2.00. The van der Waals surface area contributed by atoms with E-state index in [0.29, 0.717) is 5.69 Å². The fourth-order valence-electron chi connectivity index (χ4n) is 1.93. The van der Waals surface area contributed by atoms with Crippen molar-refractivity contribution >= 4 is 23.9 Å². The fraction of sp³-hybridized carbons (Fsp3) is 0.0588. The van der Waals surface area contributed by atoms with E-state index in [2.05, 4.69) is 0 Å². The minimum Gasteiger partial charge on any atom is -0.478 e. The number of carbonyl (C=O) groups is 2. The third kappa shape index (κ3) is 3.79. The smallest absolute Gasteiger partial charge is 0.328 e. The third-order valence-electron chi connectivity index (χ3n) is 3.11. The molecule has 0 unspecified atom stereocenters. The summed E-state index contributed by atoms with van der Waals surface area (Å²) >= 11 is 0. The summed E-state index contributed by atoms with van der Waals surface area (Å²) in [6.45, 7) is 0. The zero-order chi connectivity index (χ0) is 16.1. The molecule has 0 saturated heterocycles. The lowest BCUT2D eigenvalue weighted by molar-refractivity contribution is -0.131. The van der Waals surface area contributed by atoms with Crippen LogP contribution in [0.25, 0.3) is 12.2 Å². The van der Waals surface area contributed by atoms with Gasteiger partial charge in [-0.2, -0.15) is 0 Å². The normalized spacial score (nSPS) is 11.4. The van der Waals surface area contributed by atoms with Crippen molar-refractivity contribution in [3.05, 3.63) is 71.3 Å². The lowest BCUT2D eigenvalue weighted by atomic mass is 10.1. The highest BCUT2D eigenvalue weighted by molar-refractivity contribution is 6.06. The van der Waals surface area contributed by atoms with Crippen molar-refractivity contribution in [3.63, 3.8) is 0 Å². The first-order chi connectivity index (χ1) is 10.5. The Morgan fingerprint density at radius 1 is 1.09 bits per heavy atom. The number of allylic oxidation sites excluding steroid dienone is 1. The van der Waals surface area contributed by atoms with E-state index < -0.39 is 11.8 Å². The minimum atomic E-state index is -1.03. The van der Waals surface area contributed by atoms with Gasteiger partial charge in [-0.1, -0.05) is 12.1 Å². The van der Waals surface area contributed by atoms with Gasteiger partial charge in [0.1, 0.15) is 5.82 Å². The van der Waals surface area contributed by atoms with Crippen LogP contribution in [-0.4, -0.2) is 21.4 Å². The molecule has 0 aliphatic carbocycles. The Bertz CT molecular complexity index is 772. The maximum atomic E-state index is 13.1. The molecule has 2 rings (SSSR count). The first kappa shape index (κ1) is 15.4. The van der Waals surface area contributed by atoms with Crippen molar-refractivity contribution in [1.82, 2.24) is 4.57 Å². The quantitative estimate of drug-likeness (QED) is 0.681. The highest BCUT2D eigenvalue weighted by Crippen LogP contribution is 2.12. The molecule has 2 aromatic rings. The van der Waals surface area contributed by atoms with Crippen molar-refractivity contribution in [2.75, 3.05) is 0 Å². The molecule has 0 fully saturated rings. The standard InChI is InChI=1S/C17H14FNO3/c1-19-14(5-6-15(19)8-10-17(21)22)7-9-16(20)12-3-2-4-13(18)11-12/h2-11H,1H3,(H,21,22)/b9-7+,10-8+. The molecule has 1 N–H and O–H groups in total. The second-order valence-corrected chi connectivity index (χ2v) is 4.62. The van der Waals surface area contributed by atoms with Gasteiger partial charge < -0.3 is 9.67 Å². The molecule has 112 valence electrons. The third-order valence-corrected chi connectivity index (χ3v) is 3.11. The van der Waals surface area contributed by atoms with Crippen LogP contribution in [0.3, 0.4) is 0 Å². The Hall–Kier alpha value is -2.95. The van der Waals surface area contributed by atoms with E-state index in [-0.39, 0.29) is 11.3 Å². The number of aliphatic carboxylic acids is 1. The Balaban J connectivity index is 2.17. The van der Waals surface area contributed by atoms with Crippen molar-refractivity contribution < 1.29 is 19.1 Å². The van der Waals surface area contributed by atoms with Gasteiger partial charge >= 0.3 is 5.97 Å². The molecule has 1 aromatic carbocycles. The summed E-state index contributed by atoms with van der Waals surface area (Å²) in [6, 6.07) is 8.98. The molecule has 1 heterocycles. The van der Waals surface area contributed by atoms with Crippen LogP contribution < -0.4 is 0 Å². The molecule has 0 spiro atoms. The number of hydrogen-bond donors (Lipinski definition) is 1. The molecule has 0 amide bonds. The maximum Gasteiger partial charge on any atom is 0.328 e. The van der Waals surface area contributed by atoms with E-state index in [4.69, 9.17) is 5.11 Å². The van der Waals surface area contributed by atoms with Gasteiger partial charge in [-0.25, -0.2) is 9.18 Å². The van der Waals surface area contributed by atoms with E-state index >= 15 is 0 Å². The van der Waals surface area contributed by atoms with Gasteiger partial charge in [0.2, 0.25) is 0 Å². The molecular formula is C17H14FNO3. The summed E-state index contributed by atoms with van der Waals surface area (Å²) in [6.07, 6.45) is 5.47. The SMILES string of the molecule is Cn1c(/C=C/C(=O)O)ccc1/C=C/C(=O)c1cccc(F)c1. The zero-order valence-electron chi connectivity index (χ0n) is 11.9. The van der Waals surface area contributed by atoms with E-state index in [1.165, 1.54) is 30.4 Å². The molecule has 0 radical (unpaired) electrons. The number of halogens is 1. The number of hydrogen-bond acceptors (Lipinski definition) is 2. The Morgan fingerprint density at radius 3 is 2.32 bits per heavy atom. The van der Waals surface area contributed by atoms with Gasteiger partial charge in [-0.3, -0.25) is 4.79 Å². The van der Waals surface area contributed by atoms with Crippen LogP contribution in [0.5, 0.6) is 0 Å². The Labute approximate surface area is 126 Å². The van der Waals surface area contributed by atoms with Crippen LogP contribution in [0.15, 0.2) is 48.6 Å². The van der Waals surface area contributed by atoms with Gasteiger partial charge in [0.15, 0.2) is 5.78 Å². The number of ketones is 1. The molecular weight excluding hydrogens is 285 g/mol. The molecule has 0 aliphatic rings. The number of carbonyl (C=O) groups excluding carboxylic acids is 1. The largest absolute Gasteiger partial charge is 0.478 e. The fourth-order valence-corrected chi connectivity index (χ4v) is 1.93. The number of carboxylic acids is 1. The summed E-state index contributed by atoms with van der Waals surface area (Å²) in [7, 11) is 1.76. The van der Waals surface area contributed by atoms with E-state index in [9.17, 15) is 14.0 Å². The Kier molecular flexibility index (Phi) is 4.68. The van der Waals surface area contributed by atoms with Crippen molar-refractivity contribution in [2.45, 2.75) is 0 Å². The van der Waals surface area contributed by atoms with Gasteiger partial charge in [-0.05, 0) is 42.5 Å². The summed E-state index contributed by atoms with van der Waals surface area (Å²) in [4.78, 5) is 22.5. The first-order valence-corrected chi connectivity index (χ1v) is 6.52. The molecule has 0 atom stereocenters. The van der Waals surface area contributed by atoms with Crippen molar-refractivity contribution in [1.29, 1.82) is 0 Å². The van der Waals surface area contributed by atoms with Gasteiger partial charge in [0.05, 0.1) is 0 Å².